The Kier molecular flexibility index (Phi) is 4.70. The lowest BCUT2D eigenvalue weighted by molar-refractivity contribution is 0.275. The summed E-state index contributed by atoms with van der Waals surface area (Å²) in [6, 6.07) is 2.86. The molecule has 2 aromatic rings. The minimum Gasteiger partial charge on any atom is -0.392 e. The fourth-order valence-electron chi connectivity index (χ4n) is 2.09. The molecule has 0 atom stereocenters. The van der Waals surface area contributed by atoms with Gasteiger partial charge in [-0.3, -0.25) is 0 Å². The van der Waals surface area contributed by atoms with Crippen molar-refractivity contribution in [2.45, 2.75) is 20.5 Å². The first-order chi connectivity index (χ1) is 9.85. The minimum absolute atomic E-state index is 0.296. The predicted octanol–water partition coefficient (Wildman–Crippen LogP) is 3.56. The van der Waals surface area contributed by atoms with Gasteiger partial charge in [-0.25, -0.2) is 9.37 Å². The van der Waals surface area contributed by atoms with E-state index in [1.54, 1.807) is 30.7 Å². The molecule has 0 aliphatic rings. The molecule has 0 saturated heterocycles. The zero-order valence-corrected chi connectivity index (χ0v) is 13.8. The van der Waals surface area contributed by atoms with Crippen LogP contribution in [-0.2, 0) is 6.61 Å². The number of nitrogens with two attached hydrogens (primary N) is 1. The van der Waals surface area contributed by atoms with Crippen molar-refractivity contribution < 1.29 is 9.50 Å². The number of nitrogens with zero attached hydrogens (tertiary/aromatic N) is 2. The van der Waals surface area contributed by atoms with Crippen LogP contribution < -0.4 is 5.73 Å². The van der Waals surface area contributed by atoms with Gasteiger partial charge in [0, 0.05) is 16.8 Å². The van der Waals surface area contributed by atoms with Gasteiger partial charge >= 0.3 is 0 Å². The molecule has 0 aliphatic carbocycles. The van der Waals surface area contributed by atoms with E-state index in [9.17, 15) is 9.50 Å². The lowest BCUT2D eigenvalue weighted by atomic mass is 10.1. The zero-order chi connectivity index (χ0) is 15.7. The molecule has 0 bridgehead atoms. The average Bonchev–Trinajstić information content (AvgIpc) is 2.70. The Balaban J connectivity index is 2.71. The summed E-state index contributed by atoms with van der Waals surface area (Å²) in [5, 5.41) is 9.96. The molecule has 2 rings (SSSR count). The highest BCUT2D eigenvalue weighted by molar-refractivity contribution is 9.11. The minimum atomic E-state index is -0.485. The quantitative estimate of drug-likeness (QED) is 0.807. The number of rotatable bonds is 3. The first kappa shape index (κ1) is 16.0. The first-order valence-corrected chi connectivity index (χ1v) is 7.29. The van der Waals surface area contributed by atoms with E-state index >= 15 is 0 Å². The normalized spacial score (nSPS) is 12.0. The monoisotopic (exact) mass is 373 g/mol. The van der Waals surface area contributed by atoms with Crippen LogP contribution in [0.1, 0.15) is 17.1 Å². The number of aryl methyl sites for hydroxylation is 2. The largest absolute Gasteiger partial charge is 0.392 e. The zero-order valence-electron chi connectivity index (χ0n) is 11.5. The Labute approximate surface area is 135 Å². The maximum atomic E-state index is 14.2. The number of hydrogen-bond acceptors (Lipinski definition) is 3. The molecule has 0 saturated carbocycles. The summed E-state index contributed by atoms with van der Waals surface area (Å²) in [7, 11) is 0. The van der Waals surface area contributed by atoms with Gasteiger partial charge in [-0.15, -0.1) is 0 Å². The Morgan fingerprint density at radius 2 is 2.19 bits per heavy atom. The topological polar surface area (TPSA) is 64.1 Å². The lowest BCUT2D eigenvalue weighted by Gasteiger charge is -2.07. The van der Waals surface area contributed by atoms with Crippen molar-refractivity contribution in [3.05, 3.63) is 44.7 Å². The summed E-state index contributed by atoms with van der Waals surface area (Å²) in [4.78, 5) is 4.34. The van der Waals surface area contributed by atoms with E-state index in [1.165, 1.54) is 6.07 Å². The molecular weight excluding hydrogens is 361 g/mol. The van der Waals surface area contributed by atoms with Crippen LogP contribution in [0.4, 0.5) is 4.39 Å². The van der Waals surface area contributed by atoms with Crippen molar-refractivity contribution in [1.82, 2.24) is 9.55 Å². The predicted molar refractivity (Wildman–Crippen MR) is 85.4 cm³/mol. The molecule has 0 unspecified atom stereocenters. The van der Waals surface area contributed by atoms with Crippen LogP contribution in [0.2, 0.25) is 5.02 Å². The molecule has 21 heavy (non-hydrogen) atoms. The average molecular weight is 375 g/mol. The summed E-state index contributed by atoms with van der Waals surface area (Å²) in [5.41, 5.74) is 7.45. The van der Waals surface area contributed by atoms with E-state index in [1.807, 2.05) is 0 Å². The van der Waals surface area contributed by atoms with E-state index in [0.717, 1.165) is 5.56 Å². The Bertz CT molecular complexity index is 723. The van der Waals surface area contributed by atoms with Crippen molar-refractivity contribution >= 4 is 33.7 Å². The van der Waals surface area contributed by atoms with Gasteiger partial charge in [-0.1, -0.05) is 11.6 Å². The summed E-state index contributed by atoms with van der Waals surface area (Å²) in [6.07, 6.45) is 1.57. The van der Waals surface area contributed by atoms with Crippen LogP contribution >= 0.6 is 27.5 Å². The molecule has 0 amide bonds. The van der Waals surface area contributed by atoms with Crippen molar-refractivity contribution in [3.63, 3.8) is 0 Å². The Morgan fingerprint density at radius 3 is 2.76 bits per heavy atom. The van der Waals surface area contributed by atoms with Crippen LogP contribution in [0.3, 0.4) is 0 Å². The van der Waals surface area contributed by atoms with Crippen molar-refractivity contribution in [2.75, 3.05) is 0 Å². The smallest absolute Gasteiger partial charge is 0.134 e. The van der Waals surface area contributed by atoms with Gasteiger partial charge in [0.25, 0.3) is 0 Å². The molecule has 0 fully saturated rings. The molecule has 4 nitrogen and oxygen atoms in total. The second-order valence-electron chi connectivity index (χ2n) is 4.58. The van der Waals surface area contributed by atoms with Crippen molar-refractivity contribution in [3.8, 4) is 11.3 Å². The maximum absolute atomic E-state index is 14.2. The molecular formula is C14H14BrClFN3O. The molecule has 1 aromatic heterocycles. The first-order valence-electron chi connectivity index (χ1n) is 6.12. The number of aromatic nitrogens is 2. The third-order valence-corrected chi connectivity index (χ3v) is 3.70. The van der Waals surface area contributed by atoms with Crippen LogP contribution in [0.15, 0.2) is 16.7 Å². The van der Waals surface area contributed by atoms with Gasteiger partial charge in [0.2, 0.25) is 0 Å². The summed E-state index contributed by atoms with van der Waals surface area (Å²) < 4.78 is 16.2. The molecule has 3 N–H and O–H groups in total. The Morgan fingerprint density at radius 1 is 1.52 bits per heavy atom. The number of aliphatic hydroxyl groups excluding tert-OH is 1. The second kappa shape index (κ2) is 6.17. The standard InChI is InChI=1S/C14H14BrClFN3O/c1-7-3-9(11(17)4-10(7)16)14-12(6-21)20(5-13(15)18)8(2)19-14/h3-5,21H,6,18H2,1-2H3/b13-5-. The van der Waals surface area contributed by atoms with Crippen LogP contribution in [0, 0.1) is 19.7 Å². The Hall–Kier alpha value is -1.37. The summed E-state index contributed by atoms with van der Waals surface area (Å²) in [5.74, 6) is 0.101. The molecule has 0 radical (unpaired) electrons. The maximum Gasteiger partial charge on any atom is 0.134 e. The van der Waals surface area contributed by atoms with Gasteiger partial charge in [0.05, 0.1) is 22.6 Å². The third kappa shape index (κ3) is 3.12. The van der Waals surface area contributed by atoms with Crippen molar-refractivity contribution in [1.29, 1.82) is 0 Å². The second-order valence-corrected chi connectivity index (χ2v) is 5.90. The van der Waals surface area contributed by atoms with Crippen LogP contribution in [0.5, 0.6) is 0 Å². The molecule has 112 valence electrons. The van der Waals surface area contributed by atoms with Gasteiger partial charge in [-0.05, 0) is 47.5 Å². The summed E-state index contributed by atoms with van der Waals surface area (Å²) in [6.45, 7) is 3.23. The molecule has 0 aliphatic heterocycles. The number of hydrogen-bond donors (Lipinski definition) is 2. The van der Waals surface area contributed by atoms with Crippen LogP contribution in [-0.4, -0.2) is 14.7 Å². The number of imidazole rings is 1. The van der Waals surface area contributed by atoms with Gasteiger partial charge in [0.1, 0.15) is 11.6 Å². The number of aliphatic hydroxyl groups is 1. The van der Waals surface area contributed by atoms with E-state index < -0.39 is 5.82 Å². The van der Waals surface area contributed by atoms with Gasteiger partial charge < -0.3 is 15.4 Å². The summed E-state index contributed by atoms with van der Waals surface area (Å²) >= 11 is 9.03. The highest BCUT2D eigenvalue weighted by atomic mass is 79.9. The highest BCUT2D eigenvalue weighted by Gasteiger charge is 2.18. The van der Waals surface area contributed by atoms with E-state index in [4.69, 9.17) is 17.3 Å². The van der Waals surface area contributed by atoms with E-state index in [0.29, 0.717) is 32.4 Å². The fraction of sp³-hybridized carbons (Fsp3) is 0.214. The molecule has 0 spiro atoms. The van der Waals surface area contributed by atoms with Crippen LogP contribution in [0.25, 0.3) is 17.5 Å². The fourth-order valence-corrected chi connectivity index (χ4v) is 2.44. The molecule has 1 aromatic carbocycles. The lowest BCUT2D eigenvalue weighted by Crippen LogP contribution is -2.01. The molecule has 1 heterocycles. The van der Waals surface area contributed by atoms with E-state index in [-0.39, 0.29) is 6.61 Å². The van der Waals surface area contributed by atoms with Crippen molar-refractivity contribution in [2.24, 2.45) is 5.73 Å². The number of benzene rings is 1. The third-order valence-electron chi connectivity index (χ3n) is 3.09. The SMILES string of the molecule is Cc1cc(-c2nc(C)n(/C=C(\N)Br)c2CO)c(F)cc1Cl. The van der Waals surface area contributed by atoms with Gasteiger partial charge in [0.15, 0.2) is 0 Å². The number of halogens is 3. The van der Waals surface area contributed by atoms with E-state index in [2.05, 4.69) is 20.9 Å². The van der Waals surface area contributed by atoms with Gasteiger partial charge in [-0.2, -0.15) is 0 Å². The molecule has 7 heteroatoms. The highest BCUT2D eigenvalue weighted by Crippen LogP contribution is 2.31.